The molecule has 0 unspecified atom stereocenters. The molecule has 122 valence electrons. The molecule has 2 heterocycles. The van der Waals surface area contributed by atoms with Gasteiger partial charge in [-0.1, -0.05) is 0 Å². The summed E-state index contributed by atoms with van der Waals surface area (Å²) in [5, 5.41) is 2.79. The predicted octanol–water partition coefficient (Wildman–Crippen LogP) is 3.50. The van der Waals surface area contributed by atoms with Gasteiger partial charge in [-0.05, 0) is 51.0 Å². The molecular formula is C18H23N3O2. The summed E-state index contributed by atoms with van der Waals surface area (Å²) < 4.78 is 7.94. The van der Waals surface area contributed by atoms with Crippen molar-refractivity contribution in [1.29, 1.82) is 0 Å². The summed E-state index contributed by atoms with van der Waals surface area (Å²) in [6.07, 6.45) is 5.79. The molecule has 0 radical (unpaired) electrons. The molecule has 3 rings (SSSR count). The first kappa shape index (κ1) is 15.7. The van der Waals surface area contributed by atoms with E-state index in [1.807, 2.05) is 36.7 Å². The van der Waals surface area contributed by atoms with Crippen LogP contribution in [0.25, 0.3) is 5.69 Å². The highest BCUT2D eigenvalue weighted by Gasteiger charge is 2.32. The van der Waals surface area contributed by atoms with Gasteiger partial charge >= 0.3 is 0 Å². The van der Waals surface area contributed by atoms with Crippen molar-refractivity contribution in [3.05, 3.63) is 42.5 Å². The second-order valence-electron chi connectivity index (χ2n) is 6.68. The number of rotatable bonds is 3. The highest BCUT2D eigenvalue weighted by atomic mass is 16.5. The third-order valence-electron chi connectivity index (χ3n) is 4.20. The van der Waals surface area contributed by atoms with Crippen molar-refractivity contribution >= 4 is 11.6 Å². The van der Waals surface area contributed by atoms with E-state index in [-0.39, 0.29) is 11.5 Å². The number of carbonyl (C=O) groups excluding carboxylic acids is 1. The van der Waals surface area contributed by atoms with E-state index >= 15 is 0 Å². The average Bonchev–Trinajstić information content (AvgIpc) is 2.96. The van der Waals surface area contributed by atoms with E-state index in [1.165, 1.54) is 6.92 Å². The molecule has 1 atom stereocenters. The maximum atomic E-state index is 11.1. The van der Waals surface area contributed by atoms with Crippen molar-refractivity contribution in [3.63, 3.8) is 0 Å². The Bertz CT molecular complexity index is 689. The van der Waals surface area contributed by atoms with Gasteiger partial charge in [0.2, 0.25) is 5.91 Å². The molecule has 5 nitrogen and oxygen atoms in total. The smallest absolute Gasteiger partial charge is 0.221 e. The number of aromatic nitrogens is 2. The molecule has 1 saturated heterocycles. The second-order valence-corrected chi connectivity index (χ2v) is 6.68. The van der Waals surface area contributed by atoms with E-state index in [2.05, 4.69) is 28.7 Å². The summed E-state index contributed by atoms with van der Waals surface area (Å²) in [5.41, 5.74) is 1.75. The van der Waals surface area contributed by atoms with Crippen molar-refractivity contribution in [1.82, 2.24) is 9.55 Å². The summed E-state index contributed by atoms with van der Waals surface area (Å²) in [4.78, 5) is 15.7. The van der Waals surface area contributed by atoms with Gasteiger partial charge in [-0.15, -0.1) is 0 Å². The SMILES string of the molecule is CC(=O)Nc1ccc(-n2ccnc2[C@H]2CCOC(C)(C)C2)cc1. The maximum Gasteiger partial charge on any atom is 0.221 e. The normalized spacial score (nSPS) is 20.2. The van der Waals surface area contributed by atoms with E-state index < -0.39 is 0 Å². The number of anilines is 1. The van der Waals surface area contributed by atoms with Gasteiger partial charge < -0.3 is 14.6 Å². The lowest BCUT2D eigenvalue weighted by Crippen LogP contribution is -2.33. The number of benzene rings is 1. The van der Waals surface area contributed by atoms with E-state index in [0.717, 1.165) is 36.6 Å². The number of carbonyl (C=O) groups is 1. The largest absolute Gasteiger partial charge is 0.376 e. The van der Waals surface area contributed by atoms with Crippen LogP contribution in [0.1, 0.15) is 45.4 Å². The number of amides is 1. The van der Waals surface area contributed by atoms with Crippen LogP contribution in [0.4, 0.5) is 5.69 Å². The van der Waals surface area contributed by atoms with Crippen LogP contribution in [-0.2, 0) is 9.53 Å². The molecule has 1 N–H and O–H groups in total. The Morgan fingerprint density at radius 1 is 1.35 bits per heavy atom. The zero-order chi connectivity index (χ0) is 16.4. The third-order valence-corrected chi connectivity index (χ3v) is 4.20. The molecular weight excluding hydrogens is 290 g/mol. The second kappa shape index (κ2) is 6.16. The van der Waals surface area contributed by atoms with Gasteiger partial charge in [0.1, 0.15) is 5.82 Å². The Labute approximate surface area is 136 Å². The lowest BCUT2D eigenvalue weighted by atomic mass is 9.88. The third kappa shape index (κ3) is 3.62. The van der Waals surface area contributed by atoms with Crippen LogP contribution in [0, 0.1) is 0 Å². The topological polar surface area (TPSA) is 56.2 Å². The van der Waals surface area contributed by atoms with Gasteiger partial charge in [0.15, 0.2) is 0 Å². The van der Waals surface area contributed by atoms with Gasteiger partial charge in [0.05, 0.1) is 5.60 Å². The first-order valence-electron chi connectivity index (χ1n) is 8.00. The van der Waals surface area contributed by atoms with Gasteiger partial charge in [-0.25, -0.2) is 4.98 Å². The molecule has 1 fully saturated rings. The van der Waals surface area contributed by atoms with Crippen molar-refractivity contribution in [2.45, 2.75) is 45.1 Å². The molecule has 1 aliphatic rings. The van der Waals surface area contributed by atoms with Crippen molar-refractivity contribution in [2.24, 2.45) is 0 Å². The lowest BCUT2D eigenvalue weighted by molar-refractivity contribution is -0.114. The quantitative estimate of drug-likeness (QED) is 0.943. The average molecular weight is 313 g/mol. The molecule has 23 heavy (non-hydrogen) atoms. The van der Waals surface area contributed by atoms with Gasteiger partial charge in [-0.2, -0.15) is 0 Å². The fraction of sp³-hybridized carbons (Fsp3) is 0.444. The lowest BCUT2D eigenvalue weighted by Gasteiger charge is -2.35. The Morgan fingerprint density at radius 2 is 2.09 bits per heavy atom. The Morgan fingerprint density at radius 3 is 2.74 bits per heavy atom. The fourth-order valence-electron chi connectivity index (χ4n) is 3.20. The summed E-state index contributed by atoms with van der Waals surface area (Å²) in [7, 11) is 0. The number of ether oxygens (including phenoxy) is 1. The van der Waals surface area contributed by atoms with Crippen LogP contribution in [0.2, 0.25) is 0 Å². The molecule has 0 bridgehead atoms. The Balaban J connectivity index is 1.84. The number of hydrogen-bond acceptors (Lipinski definition) is 3. The van der Waals surface area contributed by atoms with Gasteiger partial charge in [0, 0.05) is 43.2 Å². The van der Waals surface area contributed by atoms with E-state index in [4.69, 9.17) is 4.74 Å². The van der Waals surface area contributed by atoms with E-state index in [1.54, 1.807) is 0 Å². The van der Waals surface area contributed by atoms with Gasteiger partial charge in [-0.3, -0.25) is 4.79 Å². The van der Waals surface area contributed by atoms with Gasteiger partial charge in [0.25, 0.3) is 0 Å². The highest BCUT2D eigenvalue weighted by molar-refractivity contribution is 5.88. The minimum absolute atomic E-state index is 0.0643. The fourth-order valence-corrected chi connectivity index (χ4v) is 3.20. The summed E-state index contributed by atoms with van der Waals surface area (Å²) in [5.74, 6) is 1.41. The number of nitrogens with zero attached hydrogens (tertiary/aromatic N) is 2. The van der Waals surface area contributed by atoms with E-state index in [0.29, 0.717) is 5.92 Å². The molecule has 2 aromatic rings. The Hall–Kier alpha value is -2.14. The summed E-state index contributed by atoms with van der Waals surface area (Å²) >= 11 is 0. The number of imidazole rings is 1. The molecule has 5 heteroatoms. The maximum absolute atomic E-state index is 11.1. The standard InChI is InChI=1S/C18H23N3O2/c1-13(22)20-15-4-6-16(7-5-15)21-10-9-19-17(21)14-8-11-23-18(2,3)12-14/h4-7,9-10,14H,8,11-12H2,1-3H3,(H,20,22)/t14-/m0/s1. The first-order chi connectivity index (χ1) is 10.9. The number of hydrogen-bond donors (Lipinski definition) is 1. The first-order valence-corrected chi connectivity index (χ1v) is 8.00. The zero-order valence-corrected chi connectivity index (χ0v) is 13.9. The van der Waals surface area contributed by atoms with Crippen LogP contribution in [0.5, 0.6) is 0 Å². The summed E-state index contributed by atoms with van der Waals surface area (Å²) in [6.45, 7) is 6.55. The highest BCUT2D eigenvalue weighted by Crippen LogP contribution is 2.35. The molecule has 1 aliphatic heterocycles. The summed E-state index contributed by atoms with van der Waals surface area (Å²) in [6, 6.07) is 7.82. The molecule has 1 aromatic carbocycles. The zero-order valence-electron chi connectivity index (χ0n) is 13.9. The monoisotopic (exact) mass is 313 g/mol. The predicted molar refractivity (Wildman–Crippen MR) is 89.9 cm³/mol. The molecule has 1 amide bonds. The van der Waals surface area contributed by atoms with Crippen LogP contribution in [0.3, 0.4) is 0 Å². The van der Waals surface area contributed by atoms with Crippen LogP contribution >= 0.6 is 0 Å². The molecule has 1 aromatic heterocycles. The van der Waals surface area contributed by atoms with E-state index in [9.17, 15) is 4.79 Å². The number of nitrogens with one attached hydrogen (secondary N) is 1. The minimum Gasteiger partial charge on any atom is -0.376 e. The van der Waals surface area contributed by atoms with Crippen molar-refractivity contribution in [2.75, 3.05) is 11.9 Å². The molecule has 0 aliphatic carbocycles. The van der Waals surface area contributed by atoms with Crippen LogP contribution < -0.4 is 5.32 Å². The van der Waals surface area contributed by atoms with Crippen LogP contribution in [-0.4, -0.2) is 27.7 Å². The molecule has 0 spiro atoms. The Kier molecular flexibility index (Phi) is 4.22. The van der Waals surface area contributed by atoms with Crippen molar-refractivity contribution < 1.29 is 9.53 Å². The minimum atomic E-state index is -0.102. The molecule has 0 saturated carbocycles. The van der Waals surface area contributed by atoms with Crippen molar-refractivity contribution in [3.8, 4) is 5.69 Å². The van der Waals surface area contributed by atoms with Crippen LogP contribution in [0.15, 0.2) is 36.7 Å².